The quantitative estimate of drug-likeness (QED) is 0.327. The summed E-state index contributed by atoms with van der Waals surface area (Å²) < 4.78 is 109. The molecule has 0 spiro atoms. The Balaban J connectivity index is 4.58. The van der Waals surface area contributed by atoms with Gasteiger partial charge in [0, 0.05) is 0 Å². The molecule has 0 N–H and O–H groups in total. The molecule has 0 amide bonds. The van der Waals surface area contributed by atoms with E-state index in [0.29, 0.717) is 0 Å². The molecule has 0 radical (unpaired) electrons. The van der Waals surface area contributed by atoms with Crippen LogP contribution in [-0.2, 0) is 19.1 Å². The Hall–Kier alpha value is -1.88. The van der Waals surface area contributed by atoms with Crippen LogP contribution in [0.2, 0.25) is 0 Å². The van der Waals surface area contributed by atoms with Gasteiger partial charge in [-0.15, -0.1) is 0 Å². The van der Waals surface area contributed by atoms with Crippen molar-refractivity contribution in [3.63, 3.8) is 0 Å². The second kappa shape index (κ2) is 8.99. The SMILES string of the molecule is C/C=C/COC(=O)CCC(=O)OCC(F)(F)C(F)(F)C(F)(F)C(F)F. The maximum atomic E-state index is 13.1. The Bertz CT molecular complexity index is 490. The average Bonchev–Trinajstić information content (AvgIpc) is 2.50. The second-order valence-corrected chi connectivity index (χ2v) is 4.62. The Labute approximate surface area is 136 Å². The van der Waals surface area contributed by atoms with Crippen molar-refractivity contribution in [3.8, 4) is 0 Å². The predicted molar refractivity (Wildman–Crippen MR) is 66.8 cm³/mol. The number of hydrogen-bond donors (Lipinski definition) is 0. The lowest BCUT2D eigenvalue weighted by molar-refractivity contribution is -0.344. The molecular formula is C13H14F8O4. The molecular weight excluding hydrogens is 372 g/mol. The number of halogens is 8. The minimum Gasteiger partial charge on any atom is -0.461 e. The van der Waals surface area contributed by atoms with E-state index in [9.17, 15) is 44.7 Å². The molecule has 4 nitrogen and oxygen atoms in total. The molecule has 0 aromatic carbocycles. The third kappa shape index (κ3) is 6.16. The topological polar surface area (TPSA) is 52.6 Å². The van der Waals surface area contributed by atoms with Crippen molar-refractivity contribution in [3.05, 3.63) is 12.2 Å². The van der Waals surface area contributed by atoms with Crippen LogP contribution >= 0.6 is 0 Å². The van der Waals surface area contributed by atoms with Gasteiger partial charge < -0.3 is 9.47 Å². The number of allylic oxidation sites excluding steroid dienone is 1. The molecule has 0 aliphatic rings. The number of rotatable bonds is 10. The minimum atomic E-state index is -6.46. The highest BCUT2D eigenvalue weighted by Crippen LogP contribution is 2.48. The molecule has 146 valence electrons. The summed E-state index contributed by atoms with van der Waals surface area (Å²) in [7, 11) is 0. The summed E-state index contributed by atoms with van der Waals surface area (Å²) in [5, 5.41) is 0. The lowest BCUT2D eigenvalue weighted by atomic mass is 10.1. The third-order valence-corrected chi connectivity index (χ3v) is 2.68. The van der Waals surface area contributed by atoms with Gasteiger partial charge in [0.2, 0.25) is 0 Å². The Morgan fingerprint density at radius 3 is 1.88 bits per heavy atom. The molecule has 0 atom stereocenters. The number of carbonyl (C=O) groups excluding carboxylic acids is 2. The van der Waals surface area contributed by atoms with Crippen LogP contribution in [0.3, 0.4) is 0 Å². The molecule has 0 aromatic heterocycles. The van der Waals surface area contributed by atoms with E-state index in [1.807, 2.05) is 0 Å². The Kier molecular flexibility index (Phi) is 8.32. The van der Waals surface area contributed by atoms with Crippen molar-refractivity contribution in [2.75, 3.05) is 13.2 Å². The van der Waals surface area contributed by atoms with E-state index in [2.05, 4.69) is 9.47 Å². The van der Waals surface area contributed by atoms with Crippen molar-refractivity contribution in [2.45, 2.75) is 44.0 Å². The first kappa shape index (κ1) is 23.1. The molecule has 0 rings (SSSR count). The van der Waals surface area contributed by atoms with Gasteiger partial charge in [-0.25, -0.2) is 8.78 Å². The molecule has 0 bridgehead atoms. The summed E-state index contributed by atoms with van der Waals surface area (Å²) in [5.74, 6) is -21.1. The van der Waals surface area contributed by atoms with Gasteiger partial charge >= 0.3 is 36.1 Å². The minimum absolute atomic E-state index is 0.128. The number of carbonyl (C=O) groups is 2. The van der Waals surface area contributed by atoms with E-state index < -0.39 is 55.6 Å². The van der Waals surface area contributed by atoms with E-state index >= 15 is 0 Å². The Morgan fingerprint density at radius 1 is 0.960 bits per heavy atom. The van der Waals surface area contributed by atoms with E-state index in [1.165, 1.54) is 6.08 Å². The standard InChI is InChI=1S/C13H14F8O4/c1-2-3-6-24-8(22)4-5-9(23)25-7-11(16,17)13(20,21)12(18,19)10(14)15/h2-3,10H,4-7H2,1H3/b3-2+. The maximum absolute atomic E-state index is 13.1. The fraction of sp³-hybridized carbons (Fsp3) is 0.692. The van der Waals surface area contributed by atoms with Crippen molar-refractivity contribution in [1.29, 1.82) is 0 Å². The maximum Gasteiger partial charge on any atom is 0.381 e. The summed E-state index contributed by atoms with van der Waals surface area (Å²) in [4.78, 5) is 22.2. The molecule has 0 heterocycles. The molecule has 0 saturated heterocycles. The van der Waals surface area contributed by atoms with Crippen molar-refractivity contribution in [2.24, 2.45) is 0 Å². The van der Waals surface area contributed by atoms with Crippen LogP contribution in [0.1, 0.15) is 19.8 Å². The van der Waals surface area contributed by atoms with E-state index in [-0.39, 0.29) is 6.61 Å². The number of alkyl halides is 8. The van der Waals surface area contributed by atoms with Gasteiger partial charge in [-0.1, -0.05) is 12.2 Å². The van der Waals surface area contributed by atoms with Crippen molar-refractivity contribution < 1.29 is 54.2 Å². The summed E-state index contributed by atoms with van der Waals surface area (Å²) in [6.07, 6.45) is -3.59. The van der Waals surface area contributed by atoms with Crippen LogP contribution in [0, 0.1) is 0 Å². The van der Waals surface area contributed by atoms with Crippen molar-refractivity contribution in [1.82, 2.24) is 0 Å². The van der Waals surface area contributed by atoms with E-state index in [1.54, 1.807) is 13.0 Å². The highest BCUT2D eigenvalue weighted by molar-refractivity contribution is 5.77. The smallest absolute Gasteiger partial charge is 0.381 e. The van der Waals surface area contributed by atoms with Crippen molar-refractivity contribution >= 4 is 11.9 Å². The normalized spacial score (nSPS) is 13.4. The fourth-order valence-corrected chi connectivity index (χ4v) is 1.23. The average molecular weight is 386 g/mol. The number of hydrogen-bond acceptors (Lipinski definition) is 4. The number of esters is 2. The van der Waals surface area contributed by atoms with Gasteiger partial charge in [0.15, 0.2) is 6.61 Å². The molecule has 0 aliphatic carbocycles. The molecule has 12 heteroatoms. The summed E-state index contributed by atoms with van der Waals surface area (Å²) >= 11 is 0. The summed E-state index contributed by atoms with van der Waals surface area (Å²) in [6, 6.07) is 0. The van der Waals surface area contributed by atoms with Gasteiger partial charge in [0.05, 0.1) is 12.8 Å². The molecule has 0 unspecified atom stereocenters. The summed E-state index contributed by atoms with van der Waals surface area (Å²) in [6.45, 7) is -1.06. The third-order valence-electron chi connectivity index (χ3n) is 2.68. The summed E-state index contributed by atoms with van der Waals surface area (Å²) in [5.41, 5.74) is 0. The zero-order valence-electron chi connectivity index (χ0n) is 12.7. The first-order chi connectivity index (χ1) is 11.3. The lowest BCUT2D eigenvalue weighted by Gasteiger charge is -2.31. The van der Waals surface area contributed by atoms with Crippen LogP contribution in [0.4, 0.5) is 35.1 Å². The van der Waals surface area contributed by atoms with Crippen LogP contribution in [-0.4, -0.2) is 49.3 Å². The Morgan fingerprint density at radius 2 is 1.44 bits per heavy atom. The van der Waals surface area contributed by atoms with Gasteiger partial charge in [-0.05, 0) is 6.92 Å². The highest BCUT2D eigenvalue weighted by Gasteiger charge is 2.75. The van der Waals surface area contributed by atoms with Crippen LogP contribution in [0.15, 0.2) is 12.2 Å². The monoisotopic (exact) mass is 386 g/mol. The highest BCUT2D eigenvalue weighted by atomic mass is 19.4. The lowest BCUT2D eigenvalue weighted by Crippen LogP contribution is -2.59. The van der Waals surface area contributed by atoms with Crippen LogP contribution in [0.25, 0.3) is 0 Å². The van der Waals surface area contributed by atoms with Gasteiger partial charge in [-0.3, -0.25) is 9.59 Å². The first-order valence-electron chi connectivity index (χ1n) is 6.63. The fourth-order valence-electron chi connectivity index (χ4n) is 1.23. The first-order valence-corrected chi connectivity index (χ1v) is 6.63. The molecule has 0 fully saturated rings. The van der Waals surface area contributed by atoms with Gasteiger partial charge in [0.25, 0.3) is 0 Å². The molecule has 0 aliphatic heterocycles. The second-order valence-electron chi connectivity index (χ2n) is 4.62. The van der Waals surface area contributed by atoms with Crippen LogP contribution < -0.4 is 0 Å². The van der Waals surface area contributed by atoms with Crippen LogP contribution in [0.5, 0.6) is 0 Å². The van der Waals surface area contributed by atoms with Gasteiger partial charge in [-0.2, -0.15) is 26.3 Å². The number of ether oxygens (including phenoxy) is 2. The predicted octanol–water partition coefficient (Wildman–Crippen LogP) is 3.60. The zero-order valence-corrected chi connectivity index (χ0v) is 12.7. The largest absolute Gasteiger partial charge is 0.461 e. The molecule has 0 saturated carbocycles. The molecule has 25 heavy (non-hydrogen) atoms. The molecule has 0 aromatic rings. The zero-order chi connectivity index (χ0) is 19.9. The van der Waals surface area contributed by atoms with Gasteiger partial charge in [0.1, 0.15) is 6.61 Å². The van der Waals surface area contributed by atoms with E-state index in [0.717, 1.165) is 0 Å². The van der Waals surface area contributed by atoms with E-state index in [4.69, 9.17) is 0 Å².